The van der Waals surface area contributed by atoms with Gasteiger partial charge in [-0.25, -0.2) is 0 Å². The van der Waals surface area contributed by atoms with Gasteiger partial charge in [0.25, 0.3) is 0 Å². The number of halogens is 2. The van der Waals surface area contributed by atoms with E-state index in [9.17, 15) is 0 Å². The van der Waals surface area contributed by atoms with Gasteiger partial charge in [-0.1, -0.05) is 41.4 Å². The Morgan fingerprint density at radius 3 is 2.74 bits per heavy atom. The number of fused-ring (bicyclic) bond motifs is 1. The second-order valence-corrected chi connectivity index (χ2v) is 9.44. The summed E-state index contributed by atoms with van der Waals surface area (Å²) < 4.78 is 10.9. The Morgan fingerprint density at radius 2 is 1.91 bits per heavy atom. The SMILES string of the molecule is CN1Cc2c(Cl)cc(Cl)cc2[C@H](c2cccc(-c3cc(NCCOCCOCCN)cnn3)c2)C1. The number of likely N-dealkylation sites (N-methyl/N-ethyl adjacent to an activating group) is 1. The van der Waals surface area contributed by atoms with Crippen molar-refractivity contribution in [3.05, 3.63) is 75.4 Å². The Labute approximate surface area is 216 Å². The first-order valence-electron chi connectivity index (χ1n) is 11.7. The van der Waals surface area contributed by atoms with Crippen LogP contribution in [0.15, 0.2) is 48.7 Å². The highest BCUT2D eigenvalue weighted by Gasteiger charge is 2.27. The fraction of sp³-hybridized carbons (Fsp3) is 0.385. The van der Waals surface area contributed by atoms with E-state index in [4.69, 9.17) is 38.4 Å². The molecule has 0 radical (unpaired) electrons. The van der Waals surface area contributed by atoms with Gasteiger partial charge in [0, 0.05) is 47.7 Å². The van der Waals surface area contributed by atoms with E-state index in [-0.39, 0.29) is 5.92 Å². The normalized spacial score (nSPS) is 15.7. The van der Waals surface area contributed by atoms with E-state index in [1.807, 2.05) is 18.2 Å². The molecule has 0 aliphatic carbocycles. The number of nitrogens with one attached hydrogen (secondary N) is 1. The average Bonchev–Trinajstić information content (AvgIpc) is 2.86. The van der Waals surface area contributed by atoms with E-state index in [2.05, 4.69) is 51.7 Å². The van der Waals surface area contributed by atoms with Crippen molar-refractivity contribution in [1.29, 1.82) is 0 Å². The quantitative estimate of drug-likeness (QED) is 0.365. The number of nitrogens with zero attached hydrogens (tertiary/aromatic N) is 3. The van der Waals surface area contributed by atoms with Gasteiger partial charge < -0.3 is 25.4 Å². The summed E-state index contributed by atoms with van der Waals surface area (Å²) in [6, 6.07) is 14.3. The molecular formula is C26H31Cl2N5O2. The van der Waals surface area contributed by atoms with Crippen LogP contribution in [0.4, 0.5) is 5.69 Å². The predicted octanol–water partition coefficient (Wildman–Crippen LogP) is 4.43. The van der Waals surface area contributed by atoms with E-state index in [1.165, 1.54) is 11.1 Å². The van der Waals surface area contributed by atoms with Crippen LogP contribution >= 0.6 is 23.2 Å². The first-order valence-corrected chi connectivity index (χ1v) is 12.5. The summed E-state index contributed by atoms with van der Waals surface area (Å²) in [7, 11) is 2.11. The number of nitrogens with two attached hydrogens (primary N) is 1. The zero-order valence-electron chi connectivity index (χ0n) is 19.8. The molecule has 0 saturated carbocycles. The van der Waals surface area contributed by atoms with Crippen LogP contribution in [0.2, 0.25) is 10.0 Å². The van der Waals surface area contributed by atoms with Crippen LogP contribution in [0, 0.1) is 0 Å². The molecule has 0 saturated heterocycles. The fourth-order valence-corrected chi connectivity index (χ4v) is 4.89. The van der Waals surface area contributed by atoms with E-state index < -0.39 is 0 Å². The van der Waals surface area contributed by atoms with Crippen LogP contribution in [0.3, 0.4) is 0 Å². The molecule has 2 aromatic carbocycles. The smallest absolute Gasteiger partial charge is 0.0950 e. The summed E-state index contributed by atoms with van der Waals surface area (Å²) >= 11 is 12.9. The molecule has 35 heavy (non-hydrogen) atoms. The summed E-state index contributed by atoms with van der Waals surface area (Å²) in [4.78, 5) is 2.29. The molecule has 0 unspecified atom stereocenters. The van der Waals surface area contributed by atoms with Gasteiger partial charge in [0.05, 0.1) is 44.0 Å². The number of hydrogen-bond acceptors (Lipinski definition) is 7. The Hall–Kier alpha value is -2.26. The number of hydrogen-bond donors (Lipinski definition) is 2. The van der Waals surface area contributed by atoms with Crippen molar-refractivity contribution in [2.24, 2.45) is 5.73 Å². The minimum absolute atomic E-state index is 0.167. The third-order valence-electron chi connectivity index (χ3n) is 5.94. The molecule has 0 spiro atoms. The van der Waals surface area contributed by atoms with Crippen molar-refractivity contribution in [1.82, 2.24) is 15.1 Å². The number of benzene rings is 2. The highest BCUT2D eigenvalue weighted by Crippen LogP contribution is 2.39. The number of rotatable bonds is 11. The molecule has 0 fully saturated rings. The van der Waals surface area contributed by atoms with Gasteiger partial charge in [-0.15, -0.1) is 0 Å². The first kappa shape index (κ1) is 25.8. The third-order valence-corrected chi connectivity index (χ3v) is 6.50. The van der Waals surface area contributed by atoms with Crippen LogP contribution in [0.25, 0.3) is 11.3 Å². The lowest BCUT2D eigenvalue weighted by Crippen LogP contribution is -2.31. The molecule has 0 amide bonds. The minimum Gasteiger partial charge on any atom is -0.381 e. The van der Waals surface area contributed by atoms with Crippen molar-refractivity contribution in [3.63, 3.8) is 0 Å². The van der Waals surface area contributed by atoms with Gasteiger partial charge in [0.2, 0.25) is 0 Å². The van der Waals surface area contributed by atoms with Crippen molar-refractivity contribution in [3.8, 4) is 11.3 Å². The Bertz CT molecular complexity index is 1130. The molecule has 9 heteroatoms. The lowest BCUT2D eigenvalue weighted by atomic mass is 9.84. The largest absolute Gasteiger partial charge is 0.381 e. The van der Waals surface area contributed by atoms with E-state index in [1.54, 1.807) is 6.20 Å². The molecule has 3 N–H and O–H groups in total. The van der Waals surface area contributed by atoms with Gasteiger partial charge in [-0.3, -0.25) is 0 Å². The van der Waals surface area contributed by atoms with E-state index in [0.717, 1.165) is 40.6 Å². The molecule has 1 aliphatic heterocycles. The van der Waals surface area contributed by atoms with Crippen LogP contribution in [0.5, 0.6) is 0 Å². The minimum atomic E-state index is 0.167. The first-order chi connectivity index (χ1) is 17.0. The number of aromatic nitrogens is 2. The molecule has 0 bridgehead atoms. The molecule has 1 atom stereocenters. The average molecular weight is 516 g/mol. The van der Waals surface area contributed by atoms with Gasteiger partial charge in [-0.05, 0) is 48.0 Å². The monoisotopic (exact) mass is 515 g/mol. The van der Waals surface area contributed by atoms with Crippen molar-refractivity contribution in [2.45, 2.75) is 12.5 Å². The molecule has 7 nitrogen and oxygen atoms in total. The number of ether oxygens (including phenoxy) is 2. The topological polar surface area (TPSA) is 85.5 Å². The third kappa shape index (κ3) is 6.91. The van der Waals surface area contributed by atoms with Gasteiger partial charge in [0.15, 0.2) is 0 Å². The van der Waals surface area contributed by atoms with Gasteiger partial charge >= 0.3 is 0 Å². The van der Waals surface area contributed by atoms with Crippen LogP contribution in [-0.2, 0) is 16.0 Å². The van der Waals surface area contributed by atoms with Gasteiger partial charge in [-0.2, -0.15) is 10.2 Å². The predicted molar refractivity (Wildman–Crippen MR) is 141 cm³/mol. The number of anilines is 1. The lowest BCUT2D eigenvalue weighted by Gasteiger charge is -2.33. The molecule has 186 valence electrons. The zero-order valence-corrected chi connectivity index (χ0v) is 21.4. The molecule has 2 heterocycles. The maximum absolute atomic E-state index is 6.54. The Balaban J connectivity index is 1.45. The highest BCUT2D eigenvalue weighted by atomic mass is 35.5. The second kappa shape index (κ2) is 12.6. The fourth-order valence-electron chi connectivity index (χ4n) is 4.32. The van der Waals surface area contributed by atoms with Crippen molar-refractivity contribution >= 4 is 28.9 Å². The second-order valence-electron chi connectivity index (χ2n) is 8.60. The lowest BCUT2D eigenvalue weighted by molar-refractivity contribution is 0.0548. The molecule has 1 aliphatic rings. The maximum atomic E-state index is 6.54. The molecule has 4 rings (SSSR count). The summed E-state index contributed by atoms with van der Waals surface area (Å²) in [6.45, 7) is 5.10. The van der Waals surface area contributed by atoms with Crippen LogP contribution in [0.1, 0.15) is 22.6 Å². The standard InChI is InChI=1S/C26H31Cl2N5O2/c1-33-16-23(22-12-20(27)13-25(28)24(22)17-33)18-3-2-4-19(11-18)26-14-21(15-31-32-26)30-6-8-35-10-9-34-7-5-29/h2-4,11-15,23H,5-10,16-17,29H2,1H3,(H,30,32)/t23-/m0/s1. The Kier molecular flexibility index (Phi) is 9.31. The molecule has 3 aromatic rings. The summed E-state index contributed by atoms with van der Waals surface area (Å²) in [5.41, 5.74) is 11.6. The van der Waals surface area contributed by atoms with E-state index in [0.29, 0.717) is 44.5 Å². The summed E-state index contributed by atoms with van der Waals surface area (Å²) in [6.07, 6.45) is 1.72. The van der Waals surface area contributed by atoms with Crippen LogP contribution in [-0.4, -0.2) is 68.2 Å². The van der Waals surface area contributed by atoms with Crippen molar-refractivity contribution < 1.29 is 9.47 Å². The zero-order chi connectivity index (χ0) is 24.6. The summed E-state index contributed by atoms with van der Waals surface area (Å²) in [5.74, 6) is 0.167. The summed E-state index contributed by atoms with van der Waals surface area (Å²) in [5, 5.41) is 13.3. The molecule has 1 aromatic heterocycles. The van der Waals surface area contributed by atoms with E-state index >= 15 is 0 Å². The molecular weight excluding hydrogens is 485 g/mol. The Morgan fingerprint density at radius 1 is 1.09 bits per heavy atom. The maximum Gasteiger partial charge on any atom is 0.0950 e. The van der Waals surface area contributed by atoms with Gasteiger partial charge in [0.1, 0.15) is 0 Å². The highest BCUT2D eigenvalue weighted by molar-refractivity contribution is 6.35. The van der Waals surface area contributed by atoms with Crippen molar-refractivity contribution in [2.75, 3.05) is 58.4 Å². The van der Waals surface area contributed by atoms with Crippen LogP contribution < -0.4 is 11.1 Å².